The third-order valence-corrected chi connectivity index (χ3v) is 4.42. The van der Waals surface area contributed by atoms with Gasteiger partial charge in [-0.15, -0.1) is 0 Å². The molecule has 2 aliphatic rings. The smallest absolute Gasteiger partial charge is 0.0933 e. The minimum absolute atomic E-state index is 0.0210. The van der Waals surface area contributed by atoms with Gasteiger partial charge in [-0.25, -0.2) is 0 Å². The highest BCUT2D eigenvalue weighted by Gasteiger charge is 2.33. The minimum atomic E-state index is 0.0210. The molecule has 0 aromatic heterocycles. The molecule has 4 heteroatoms. The summed E-state index contributed by atoms with van der Waals surface area (Å²) in [5.41, 5.74) is 0. The number of morpholine rings is 1. The van der Waals surface area contributed by atoms with Crippen molar-refractivity contribution in [2.75, 3.05) is 26.3 Å². The maximum absolute atomic E-state index is 9.24. The Morgan fingerprint density at radius 3 is 2.61 bits per heavy atom. The van der Waals surface area contributed by atoms with Crippen molar-refractivity contribution < 1.29 is 9.84 Å². The van der Waals surface area contributed by atoms with Gasteiger partial charge in [-0.2, -0.15) is 0 Å². The molecule has 1 saturated heterocycles. The first-order valence-corrected chi connectivity index (χ1v) is 7.46. The van der Waals surface area contributed by atoms with Crippen LogP contribution in [-0.2, 0) is 4.74 Å². The Hall–Kier alpha value is -0.160. The molecule has 1 saturated carbocycles. The zero-order valence-corrected chi connectivity index (χ0v) is 11.8. The van der Waals surface area contributed by atoms with Gasteiger partial charge in [0.25, 0.3) is 0 Å². The van der Waals surface area contributed by atoms with Crippen molar-refractivity contribution in [1.29, 1.82) is 0 Å². The highest BCUT2D eigenvalue weighted by Crippen LogP contribution is 2.26. The van der Waals surface area contributed by atoms with Crippen LogP contribution in [0.15, 0.2) is 0 Å². The van der Waals surface area contributed by atoms with E-state index in [1.54, 1.807) is 0 Å². The van der Waals surface area contributed by atoms with Crippen molar-refractivity contribution in [3.8, 4) is 0 Å². The summed E-state index contributed by atoms with van der Waals surface area (Å²) in [4.78, 5) is 2.56. The molecular weight excluding hydrogens is 228 g/mol. The molecule has 2 N–H and O–H groups in total. The average Bonchev–Trinajstić information content (AvgIpc) is 2.41. The van der Waals surface area contributed by atoms with Crippen molar-refractivity contribution >= 4 is 0 Å². The van der Waals surface area contributed by atoms with Gasteiger partial charge in [0.2, 0.25) is 0 Å². The second-order valence-electron chi connectivity index (χ2n) is 5.75. The molecule has 0 amide bonds. The van der Waals surface area contributed by atoms with Gasteiger partial charge in [-0.05, 0) is 39.2 Å². The van der Waals surface area contributed by atoms with Crippen LogP contribution in [0.3, 0.4) is 0 Å². The maximum atomic E-state index is 9.24. The number of nitrogens with zero attached hydrogens (tertiary/aromatic N) is 1. The lowest BCUT2D eigenvalue weighted by atomic mass is 9.89. The number of rotatable bonds is 4. The number of ether oxygens (including phenoxy) is 1. The third kappa shape index (κ3) is 3.44. The fourth-order valence-electron chi connectivity index (χ4n) is 3.36. The molecule has 2 fully saturated rings. The van der Waals surface area contributed by atoms with Gasteiger partial charge in [0, 0.05) is 24.7 Å². The molecule has 1 heterocycles. The van der Waals surface area contributed by atoms with Crippen molar-refractivity contribution in [2.45, 2.75) is 63.8 Å². The predicted molar refractivity (Wildman–Crippen MR) is 72.7 cm³/mol. The number of aliphatic hydroxyl groups excluding tert-OH is 1. The van der Waals surface area contributed by atoms with E-state index in [9.17, 15) is 5.11 Å². The van der Waals surface area contributed by atoms with Crippen LogP contribution >= 0.6 is 0 Å². The number of hydrogen-bond acceptors (Lipinski definition) is 4. The minimum Gasteiger partial charge on any atom is -0.394 e. The lowest BCUT2D eigenvalue weighted by Gasteiger charge is -2.44. The molecular formula is C14H28N2O2. The molecule has 1 aliphatic heterocycles. The van der Waals surface area contributed by atoms with E-state index in [1.807, 2.05) is 0 Å². The van der Waals surface area contributed by atoms with Gasteiger partial charge in [0.1, 0.15) is 0 Å². The van der Waals surface area contributed by atoms with Gasteiger partial charge in [0.05, 0.1) is 19.3 Å². The van der Waals surface area contributed by atoms with Crippen molar-refractivity contribution in [1.82, 2.24) is 10.2 Å². The van der Waals surface area contributed by atoms with Gasteiger partial charge in [-0.1, -0.05) is 6.92 Å². The average molecular weight is 256 g/mol. The number of aliphatic hydroxyl groups is 1. The molecule has 0 bridgehead atoms. The highest BCUT2D eigenvalue weighted by molar-refractivity contribution is 4.88. The molecule has 1 aliphatic carbocycles. The molecule has 0 aromatic rings. The summed E-state index contributed by atoms with van der Waals surface area (Å²) < 4.78 is 5.62. The Morgan fingerprint density at radius 2 is 2.00 bits per heavy atom. The highest BCUT2D eigenvalue weighted by atomic mass is 16.5. The Morgan fingerprint density at radius 1 is 1.28 bits per heavy atom. The fraction of sp³-hybridized carbons (Fsp3) is 1.00. The van der Waals surface area contributed by atoms with Crippen LogP contribution in [0.5, 0.6) is 0 Å². The summed E-state index contributed by atoms with van der Waals surface area (Å²) in [5.74, 6) is 0. The van der Waals surface area contributed by atoms with E-state index in [4.69, 9.17) is 4.74 Å². The molecule has 0 spiro atoms. The zero-order chi connectivity index (χ0) is 13.0. The van der Waals surface area contributed by atoms with E-state index < -0.39 is 0 Å². The van der Waals surface area contributed by atoms with E-state index in [2.05, 4.69) is 24.1 Å². The largest absolute Gasteiger partial charge is 0.394 e. The quantitative estimate of drug-likeness (QED) is 0.787. The van der Waals surface area contributed by atoms with Gasteiger partial charge in [0.15, 0.2) is 0 Å². The van der Waals surface area contributed by atoms with Crippen molar-refractivity contribution in [3.05, 3.63) is 0 Å². The second kappa shape index (κ2) is 6.85. The van der Waals surface area contributed by atoms with E-state index in [0.717, 1.165) is 25.7 Å². The molecule has 18 heavy (non-hydrogen) atoms. The lowest BCUT2D eigenvalue weighted by molar-refractivity contribution is -0.0955. The van der Waals surface area contributed by atoms with E-state index in [0.29, 0.717) is 12.1 Å². The lowest BCUT2D eigenvalue weighted by Crippen LogP contribution is -2.55. The SMILES string of the molecule is CCNC1CCC(N2CC(CO)OCC2C)CC1. The molecule has 2 rings (SSSR count). The van der Waals surface area contributed by atoms with Crippen molar-refractivity contribution in [3.63, 3.8) is 0 Å². The molecule has 4 nitrogen and oxygen atoms in total. The summed E-state index contributed by atoms with van der Waals surface area (Å²) in [7, 11) is 0. The van der Waals surface area contributed by atoms with Crippen molar-refractivity contribution in [2.24, 2.45) is 0 Å². The Balaban J connectivity index is 1.83. The Bertz CT molecular complexity index is 242. The fourth-order valence-corrected chi connectivity index (χ4v) is 3.36. The number of hydrogen-bond donors (Lipinski definition) is 2. The summed E-state index contributed by atoms with van der Waals surface area (Å²) in [6.45, 7) is 7.31. The van der Waals surface area contributed by atoms with Crippen LogP contribution in [0.25, 0.3) is 0 Å². The maximum Gasteiger partial charge on any atom is 0.0933 e. The van der Waals surface area contributed by atoms with Gasteiger partial charge >= 0.3 is 0 Å². The zero-order valence-electron chi connectivity index (χ0n) is 11.8. The summed E-state index contributed by atoms with van der Waals surface area (Å²) >= 11 is 0. The second-order valence-corrected chi connectivity index (χ2v) is 5.75. The standard InChI is InChI=1S/C14H28N2O2/c1-3-15-12-4-6-13(7-5-12)16-8-14(9-17)18-10-11(16)2/h11-15,17H,3-10H2,1-2H3. The van der Waals surface area contributed by atoms with Crippen LogP contribution in [0.1, 0.15) is 39.5 Å². The summed E-state index contributed by atoms with van der Waals surface area (Å²) in [5, 5.41) is 12.8. The van der Waals surface area contributed by atoms with Crippen LogP contribution in [0, 0.1) is 0 Å². The first kappa shape index (κ1) is 14.3. The first-order valence-electron chi connectivity index (χ1n) is 7.46. The topological polar surface area (TPSA) is 44.7 Å². The first-order chi connectivity index (χ1) is 8.74. The molecule has 0 radical (unpaired) electrons. The molecule has 2 atom stereocenters. The van der Waals surface area contributed by atoms with Crippen LogP contribution < -0.4 is 5.32 Å². The molecule has 2 unspecified atom stereocenters. The Kier molecular flexibility index (Phi) is 5.42. The molecule has 106 valence electrons. The normalized spacial score (nSPS) is 38.8. The van der Waals surface area contributed by atoms with E-state index >= 15 is 0 Å². The van der Waals surface area contributed by atoms with E-state index in [1.165, 1.54) is 25.7 Å². The monoisotopic (exact) mass is 256 g/mol. The summed E-state index contributed by atoms with van der Waals surface area (Å²) in [6, 6.07) is 1.90. The van der Waals surface area contributed by atoms with Crippen LogP contribution in [-0.4, -0.2) is 60.5 Å². The number of nitrogens with one attached hydrogen (secondary N) is 1. The van der Waals surface area contributed by atoms with Crippen LogP contribution in [0.2, 0.25) is 0 Å². The van der Waals surface area contributed by atoms with E-state index in [-0.39, 0.29) is 12.7 Å². The van der Waals surface area contributed by atoms with Gasteiger partial charge < -0.3 is 15.2 Å². The Labute approximate surface area is 111 Å². The predicted octanol–water partition coefficient (Wildman–Crippen LogP) is 0.989. The summed E-state index contributed by atoms with van der Waals surface area (Å²) in [6.07, 6.45) is 5.15. The third-order valence-electron chi connectivity index (χ3n) is 4.42. The molecule has 0 aromatic carbocycles. The van der Waals surface area contributed by atoms with Crippen LogP contribution in [0.4, 0.5) is 0 Å². The van der Waals surface area contributed by atoms with Gasteiger partial charge in [-0.3, -0.25) is 4.90 Å².